The van der Waals surface area contributed by atoms with Gasteiger partial charge in [-0.3, -0.25) is 0 Å². The molecule has 12 heavy (non-hydrogen) atoms. The van der Waals surface area contributed by atoms with E-state index in [1.165, 1.54) is 18.2 Å². The summed E-state index contributed by atoms with van der Waals surface area (Å²) in [7, 11) is 0. The second kappa shape index (κ2) is 5.36. The molecule has 0 saturated carbocycles. The molecule has 0 aromatic heterocycles. The van der Waals surface area contributed by atoms with Crippen LogP contribution in [0.25, 0.3) is 0 Å². The summed E-state index contributed by atoms with van der Waals surface area (Å²) in [6.07, 6.45) is -4.26. The maximum Gasteiger partial charge on any atom is 2.00 e. The van der Waals surface area contributed by atoms with E-state index in [1.54, 1.807) is 0 Å². The zero-order chi connectivity index (χ0) is 7.61. The van der Waals surface area contributed by atoms with Crippen molar-refractivity contribution in [2.24, 2.45) is 0 Å². The third kappa shape index (κ3) is 3.91. The van der Waals surface area contributed by atoms with Gasteiger partial charge in [0.15, 0.2) is 0 Å². The van der Waals surface area contributed by atoms with E-state index >= 15 is 0 Å². The Morgan fingerprint density at radius 3 is 2.00 bits per heavy atom. The van der Waals surface area contributed by atoms with Crippen molar-refractivity contribution in [3.63, 3.8) is 0 Å². The van der Waals surface area contributed by atoms with Crippen LogP contribution in [-0.2, 0) is 27.2 Å². The second-order valence-corrected chi connectivity index (χ2v) is 1.77. The molecule has 0 atom stereocenters. The average molecular weight is 344 g/mol. The molecule has 0 saturated heterocycles. The molecule has 0 nitrogen and oxygen atoms in total. The molecule has 1 aromatic rings. The monoisotopic (exact) mass is 344 g/mol. The molecule has 0 aliphatic heterocycles. The van der Waals surface area contributed by atoms with Crippen LogP contribution in [0.1, 0.15) is 5.56 Å². The van der Waals surface area contributed by atoms with Gasteiger partial charge in [-0.2, -0.15) is 43.5 Å². The van der Waals surface area contributed by atoms with E-state index in [9.17, 15) is 13.2 Å². The molecule has 1 rings (SSSR count). The number of benzene rings is 1. The molecule has 0 radical (unpaired) electrons. The summed E-state index contributed by atoms with van der Waals surface area (Å²) < 4.78 is 35.3. The van der Waals surface area contributed by atoms with Crippen LogP contribution in [0.5, 0.6) is 0 Å². The minimum Gasteiger partial charge on any atom is -0.358 e. The van der Waals surface area contributed by atoms with Crippen molar-refractivity contribution in [2.75, 3.05) is 0 Å². The molecule has 0 fully saturated rings. The first-order valence-electron chi connectivity index (χ1n) is 2.64. The summed E-state index contributed by atoms with van der Waals surface area (Å²) in [5.74, 6) is 0. The van der Waals surface area contributed by atoms with Gasteiger partial charge in [0.1, 0.15) is 0 Å². The summed E-state index contributed by atoms with van der Waals surface area (Å²) in [6.45, 7) is 0. The smallest absolute Gasteiger partial charge is 0.358 e. The molecule has 0 aliphatic carbocycles. The van der Waals surface area contributed by atoms with Crippen molar-refractivity contribution in [3.05, 3.63) is 43.3 Å². The van der Waals surface area contributed by atoms with Gasteiger partial charge in [-0.25, -0.2) is 0 Å². The van der Waals surface area contributed by atoms with E-state index in [0.717, 1.165) is 6.07 Å². The molecule has 1 aromatic carbocycles. The van der Waals surface area contributed by atoms with Gasteiger partial charge in [0.2, 0.25) is 0 Å². The molecular weight excluding hydrogens is 337 g/mol. The Hall–Kier alpha value is -0.302. The Morgan fingerprint density at radius 2 is 1.75 bits per heavy atom. The number of halogens is 3. The number of hydrogen-bond acceptors (Lipinski definition) is 0. The Morgan fingerprint density at radius 1 is 1.17 bits per heavy atom. The fourth-order valence-corrected chi connectivity index (χ4v) is 0.570. The van der Waals surface area contributed by atoms with Gasteiger partial charge >= 0.3 is 27.2 Å². The number of rotatable bonds is 0. The normalized spacial score (nSPS) is 9.58. The largest absolute Gasteiger partial charge is 2.00 e. The van der Waals surface area contributed by atoms with Crippen LogP contribution in [0.2, 0.25) is 0 Å². The minimum absolute atomic E-state index is 0. The summed E-state index contributed by atoms with van der Waals surface area (Å²) >= 11 is 0. The molecule has 0 aliphatic rings. The molecule has 0 spiro atoms. The van der Waals surface area contributed by atoms with Crippen LogP contribution < -0.4 is 0 Å². The molecule has 0 heterocycles. The third-order valence-electron chi connectivity index (χ3n) is 1.01. The first kappa shape index (κ1) is 14.2. The van der Waals surface area contributed by atoms with Crippen LogP contribution in [0, 0.1) is 13.5 Å². The Bertz CT molecular complexity index is 205. The fourth-order valence-electron chi connectivity index (χ4n) is 0.570. The fraction of sp³-hybridized carbons (Fsp3) is 0.125. The summed E-state index contributed by atoms with van der Waals surface area (Å²) in [5, 5.41) is 0. The van der Waals surface area contributed by atoms with Crippen molar-refractivity contribution < 1.29 is 34.2 Å². The van der Waals surface area contributed by atoms with Crippen molar-refractivity contribution in [1.29, 1.82) is 0 Å². The van der Waals surface area contributed by atoms with Crippen LogP contribution >= 0.6 is 0 Å². The quantitative estimate of drug-likeness (QED) is 0.635. The maximum atomic E-state index is 11.8. The van der Waals surface area contributed by atoms with Crippen LogP contribution in [-0.4, -0.2) is 0 Å². The first-order chi connectivity index (χ1) is 4.61. The van der Waals surface area contributed by atoms with Gasteiger partial charge in [-0.05, 0) is 0 Å². The van der Waals surface area contributed by atoms with Crippen molar-refractivity contribution in [3.8, 4) is 0 Å². The van der Waals surface area contributed by atoms with Gasteiger partial charge in [0.25, 0.3) is 0 Å². The molecule has 66 valence electrons. The van der Waals surface area contributed by atoms with Crippen molar-refractivity contribution in [2.45, 2.75) is 6.18 Å². The molecule has 0 unspecified atom stereocenters. The molecule has 0 N–H and O–H groups in total. The summed E-state index contributed by atoms with van der Waals surface area (Å²) in [5.41, 5.74) is -0.727. The number of alkyl halides is 3. The Labute approximate surface area is 84.1 Å². The maximum absolute atomic E-state index is 11.8. The van der Waals surface area contributed by atoms with Crippen LogP contribution in [0.4, 0.5) is 13.2 Å². The van der Waals surface area contributed by atoms with E-state index in [0.29, 0.717) is 0 Å². The van der Waals surface area contributed by atoms with E-state index in [-0.39, 0.29) is 28.5 Å². The zero-order valence-electron chi connectivity index (χ0n) is 6.35. The average Bonchev–Trinajstić information content (AvgIpc) is 1.88. The molecule has 4 heteroatoms. The molecule has 0 bridgehead atoms. The van der Waals surface area contributed by atoms with E-state index < -0.39 is 11.7 Å². The van der Waals surface area contributed by atoms with Crippen molar-refractivity contribution in [1.82, 2.24) is 0 Å². The van der Waals surface area contributed by atoms with Gasteiger partial charge in [-0.15, -0.1) is 0 Å². The van der Waals surface area contributed by atoms with Crippen LogP contribution in [0.15, 0.2) is 24.3 Å². The predicted molar refractivity (Wildman–Crippen MR) is 36.7 cm³/mol. The zero-order valence-corrected chi connectivity index (χ0v) is 9.28. The predicted octanol–water partition coefficient (Wildman–Crippen LogP) is 2.95. The Kier molecular flexibility index (Phi) is 6.36. The Balaban J connectivity index is 0. The van der Waals surface area contributed by atoms with E-state index in [2.05, 4.69) is 6.07 Å². The van der Waals surface area contributed by atoms with Crippen molar-refractivity contribution >= 4 is 0 Å². The minimum atomic E-state index is -4.26. The number of hydrogen-bond donors (Lipinski definition) is 0. The van der Waals surface area contributed by atoms with Gasteiger partial charge < -0.3 is 7.43 Å². The van der Waals surface area contributed by atoms with E-state index in [1.807, 2.05) is 0 Å². The summed E-state index contributed by atoms with van der Waals surface area (Å²) in [4.78, 5) is 0. The van der Waals surface area contributed by atoms with Gasteiger partial charge in [0.05, 0.1) is 0 Å². The second-order valence-electron chi connectivity index (χ2n) is 1.77. The van der Waals surface area contributed by atoms with Gasteiger partial charge in [0, 0.05) is 0 Å². The topological polar surface area (TPSA) is 0 Å². The van der Waals surface area contributed by atoms with Crippen LogP contribution in [0.3, 0.4) is 0 Å². The molecule has 0 amide bonds. The third-order valence-corrected chi connectivity index (χ3v) is 1.01. The van der Waals surface area contributed by atoms with Gasteiger partial charge in [-0.1, -0.05) is 5.56 Å². The first-order valence-corrected chi connectivity index (χ1v) is 2.64. The standard InChI is InChI=1S/C7H4F3.CH3.W/c8-7(9,10)6-4-2-1-3-5-6;;/h1-4H;1H3;/q2*-1;+2. The summed E-state index contributed by atoms with van der Waals surface area (Å²) in [6, 6.07) is 7.14. The SMILES string of the molecule is FC(F)(F)c1[c-]cccc1.[CH3-].[W+2]. The molecular formula is C8H7F3W. The van der Waals surface area contributed by atoms with E-state index in [4.69, 9.17) is 0 Å².